The van der Waals surface area contributed by atoms with E-state index in [-0.39, 0.29) is 23.8 Å². The number of carbonyl (C=O) groups excluding carboxylic acids is 1. The summed E-state index contributed by atoms with van der Waals surface area (Å²) in [7, 11) is 0. The van der Waals surface area contributed by atoms with Crippen molar-refractivity contribution < 1.29 is 19.4 Å². The van der Waals surface area contributed by atoms with Crippen molar-refractivity contribution in [2.24, 2.45) is 17.8 Å². The molecule has 2 fully saturated rings. The fourth-order valence-corrected chi connectivity index (χ4v) is 2.77. The molecule has 1 saturated heterocycles. The summed E-state index contributed by atoms with van der Waals surface area (Å²) in [6, 6.07) is 0. The summed E-state index contributed by atoms with van der Waals surface area (Å²) >= 11 is 0. The van der Waals surface area contributed by atoms with Crippen molar-refractivity contribution in [2.45, 2.75) is 32.8 Å². The quantitative estimate of drug-likeness (QED) is 0.813. The van der Waals surface area contributed by atoms with Gasteiger partial charge in [0.05, 0.1) is 17.9 Å². The van der Waals surface area contributed by atoms with Gasteiger partial charge in [-0.1, -0.05) is 6.92 Å². The summed E-state index contributed by atoms with van der Waals surface area (Å²) in [6.45, 7) is 5.58. The number of carboxylic acids is 1. The van der Waals surface area contributed by atoms with Crippen LogP contribution in [0.15, 0.2) is 0 Å². The molecule has 0 aromatic heterocycles. The monoisotopic (exact) mass is 255 g/mol. The van der Waals surface area contributed by atoms with Gasteiger partial charge in [0.1, 0.15) is 0 Å². The van der Waals surface area contributed by atoms with Gasteiger partial charge in [-0.2, -0.15) is 0 Å². The third-order valence-electron chi connectivity index (χ3n) is 3.75. The van der Waals surface area contributed by atoms with Gasteiger partial charge in [0.25, 0.3) is 0 Å². The predicted molar refractivity (Wildman–Crippen MR) is 65.0 cm³/mol. The first kappa shape index (κ1) is 13.3. The van der Waals surface area contributed by atoms with Crippen LogP contribution in [0.4, 0.5) is 0 Å². The van der Waals surface area contributed by atoms with Crippen LogP contribution in [0, 0.1) is 17.8 Å². The lowest BCUT2D eigenvalue weighted by atomic mass is 9.90. The molecule has 2 rings (SSSR count). The van der Waals surface area contributed by atoms with Crippen molar-refractivity contribution >= 4 is 11.9 Å². The van der Waals surface area contributed by atoms with E-state index < -0.39 is 11.9 Å². The van der Waals surface area contributed by atoms with Crippen LogP contribution in [0.2, 0.25) is 0 Å². The number of nitrogens with zero attached hydrogens (tertiary/aromatic N) is 1. The Balaban J connectivity index is 1.92. The second kappa shape index (κ2) is 5.26. The number of carboxylic acid groups (broad SMARTS) is 1. The first-order valence-electron chi connectivity index (χ1n) is 6.66. The molecule has 0 radical (unpaired) electrons. The Morgan fingerprint density at radius 3 is 2.67 bits per heavy atom. The van der Waals surface area contributed by atoms with Crippen molar-refractivity contribution in [3.8, 4) is 0 Å². The highest BCUT2D eigenvalue weighted by atomic mass is 16.5. The molecule has 18 heavy (non-hydrogen) atoms. The third kappa shape index (κ3) is 2.83. The van der Waals surface area contributed by atoms with E-state index in [1.165, 1.54) is 0 Å². The maximum atomic E-state index is 12.2. The van der Waals surface area contributed by atoms with Gasteiger partial charge in [-0.25, -0.2) is 0 Å². The van der Waals surface area contributed by atoms with E-state index >= 15 is 0 Å². The second-order valence-electron chi connectivity index (χ2n) is 5.46. The molecule has 1 amide bonds. The Labute approximate surface area is 107 Å². The van der Waals surface area contributed by atoms with Gasteiger partial charge in [0.15, 0.2) is 0 Å². The van der Waals surface area contributed by atoms with Gasteiger partial charge in [0, 0.05) is 19.7 Å². The molecular weight excluding hydrogens is 234 g/mol. The number of likely N-dealkylation sites (tertiary alicyclic amines) is 1. The number of hydrogen-bond acceptors (Lipinski definition) is 3. The molecule has 4 unspecified atom stereocenters. The largest absolute Gasteiger partial charge is 0.481 e. The van der Waals surface area contributed by atoms with Crippen LogP contribution in [0.1, 0.15) is 26.7 Å². The van der Waals surface area contributed by atoms with Gasteiger partial charge < -0.3 is 14.7 Å². The normalized spacial score (nSPS) is 35.3. The van der Waals surface area contributed by atoms with Crippen molar-refractivity contribution in [1.29, 1.82) is 0 Å². The molecule has 4 atom stereocenters. The van der Waals surface area contributed by atoms with Gasteiger partial charge in [-0.05, 0) is 25.7 Å². The van der Waals surface area contributed by atoms with Gasteiger partial charge in [-0.15, -0.1) is 0 Å². The average molecular weight is 255 g/mol. The van der Waals surface area contributed by atoms with E-state index in [9.17, 15) is 9.59 Å². The van der Waals surface area contributed by atoms with Gasteiger partial charge >= 0.3 is 5.97 Å². The number of carbonyl (C=O) groups is 2. The molecule has 102 valence electrons. The van der Waals surface area contributed by atoms with Crippen molar-refractivity contribution in [3.05, 3.63) is 0 Å². The maximum absolute atomic E-state index is 12.2. The topological polar surface area (TPSA) is 66.8 Å². The van der Waals surface area contributed by atoms with Crippen LogP contribution in [0.25, 0.3) is 0 Å². The molecule has 1 aliphatic heterocycles. The molecule has 5 nitrogen and oxygen atoms in total. The summed E-state index contributed by atoms with van der Waals surface area (Å²) in [5, 5.41) is 9.08. The molecule has 0 spiro atoms. The SMILES string of the molecule is CCOC1CC1C(=O)N1CC(C)CC(C(=O)O)C1. The van der Waals surface area contributed by atoms with Crippen molar-refractivity contribution in [3.63, 3.8) is 0 Å². The molecule has 0 bridgehead atoms. The lowest BCUT2D eigenvalue weighted by Gasteiger charge is -2.34. The molecule has 0 aromatic carbocycles. The Hall–Kier alpha value is -1.10. The van der Waals surface area contributed by atoms with Crippen LogP contribution in [0.3, 0.4) is 0 Å². The number of piperidine rings is 1. The predicted octanol–water partition coefficient (Wildman–Crippen LogP) is 0.981. The second-order valence-corrected chi connectivity index (χ2v) is 5.46. The van der Waals surface area contributed by atoms with Crippen LogP contribution in [-0.4, -0.2) is 47.7 Å². The standard InChI is InChI=1S/C13H21NO4/c1-3-18-11-5-10(11)12(15)14-6-8(2)4-9(7-14)13(16)17/h8-11H,3-7H2,1-2H3,(H,16,17). The molecule has 1 heterocycles. The lowest BCUT2D eigenvalue weighted by Crippen LogP contribution is -2.46. The highest BCUT2D eigenvalue weighted by molar-refractivity contribution is 5.83. The van der Waals surface area contributed by atoms with E-state index in [0.717, 1.165) is 6.42 Å². The Morgan fingerprint density at radius 2 is 2.06 bits per heavy atom. The van der Waals surface area contributed by atoms with Crippen LogP contribution < -0.4 is 0 Å². The molecule has 1 aliphatic carbocycles. The van der Waals surface area contributed by atoms with E-state index in [0.29, 0.717) is 26.1 Å². The third-order valence-corrected chi connectivity index (χ3v) is 3.75. The Morgan fingerprint density at radius 1 is 1.33 bits per heavy atom. The summed E-state index contributed by atoms with van der Waals surface area (Å²) in [5.74, 6) is -0.914. The minimum Gasteiger partial charge on any atom is -0.481 e. The van der Waals surface area contributed by atoms with E-state index in [2.05, 4.69) is 0 Å². The number of hydrogen-bond donors (Lipinski definition) is 1. The molecule has 1 N–H and O–H groups in total. The fraction of sp³-hybridized carbons (Fsp3) is 0.846. The minimum atomic E-state index is -0.795. The molecule has 5 heteroatoms. The minimum absolute atomic E-state index is 0.0373. The number of rotatable bonds is 4. The van der Waals surface area contributed by atoms with Crippen LogP contribution >= 0.6 is 0 Å². The molecular formula is C13H21NO4. The average Bonchev–Trinajstić information content (AvgIpc) is 3.07. The fourth-order valence-electron chi connectivity index (χ4n) is 2.77. The van der Waals surface area contributed by atoms with E-state index in [1.54, 1.807) is 4.90 Å². The number of amides is 1. The Bertz CT molecular complexity index is 344. The smallest absolute Gasteiger partial charge is 0.308 e. The first-order valence-corrected chi connectivity index (χ1v) is 6.66. The molecule has 2 aliphatic rings. The zero-order valence-electron chi connectivity index (χ0n) is 11.0. The van der Waals surface area contributed by atoms with E-state index in [4.69, 9.17) is 9.84 Å². The molecule has 1 saturated carbocycles. The lowest BCUT2D eigenvalue weighted by molar-refractivity contribution is -0.147. The van der Waals surface area contributed by atoms with Gasteiger partial charge in [0.2, 0.25) is 5.91 Å². The van der Waals surface area contributed by atoms with E-state index in [1.807, 2.05) is 13.8 Å². The zero-order valence-corrected chi connectivity index (χ0v) is 11.0. The Kier molecular flexibility index (Phi) is 3.90. The molecule has 0 aromatic rings. The summed E-state index contributed by atoms with van der Waals surface area (Å²) in [5.41, 5.74) is 0. The number of aliphatic carboxylic acids is 1. The summed E-state index contributed by atoms with van der Waals surface area (Å²) in [4.78, 5) is 25.0. The van der Waals surface area contributed by atoms with Crippen LogP contribution in [0.5, 0.6) is 0 Å². The first-order chi connectivity index (χ1) is 8.52. The van der Waals surface area contributed by atoms with Crippen molar-refractivity contribution in [1.82, 2.24) is 4.90 Å². The van der Waals surface area contributed by atoms with Crippen LogP contribution in [-0.2, 0) is 14.3 Å². The highest BCUT2D eigenvalue weighted by Gasteiger charge is 2.47. The van der Waals surface area contributed by atoms with Gasteiger partial charge in [-0.3, -0.25) is 9.59 Å². The number of ether oxygens (including phenoxy) is 1. The van der Waals surface area contributed by atoms with Crippen molar-refractivity contribution in [2.75, 3.05) is 19.7 Å². The summed E-state index contributed by atoms with van der Waals surface area (Å²) < 4.78 is 5.41. The zero-order chi connectivity index (χ0) is 13.3. The maximum Gasteiger partial charge on any atom is 0.308 e. The summed E-state index contributed by atoms with van der Waals surface area (Å²) in [6.07, 6.45) is 1.51. The highest BCUT2D eigenvalue weighted by Crippen LogP contribution is 2.36.